The molecule has 1 aromatic carbocycles. The molecule has 94 valence electrons. The number of hydrogen-bond donors (Lipinski definition) is 1. The molecule has 1 aromatic rings. The Morgan fingerprint density at radius 3 is 2.00 bits per heavy atom. The van der Waals surface area contributed by atoms with Crippen molar-refractivity contribution in [3.63, 3.8) is 0 Å². The fraction of sp³-hybridized carbons (Fsp3) is 0.417. The molecule has 0 heterocycles. The molecule has 17 heavy (non-hydrogen) atoms. The van der Waals surface area contributed by atoms with E-state index in [1.165, 1.54) is 19.1 Å². The molecule has 5 heteroatoms. The van der Waals surface area contributed by atoms with Crippen LogP contribution in [0.4, 0.5) is 0 Å². The van der Waals surface area contributed by atoms with E-state index in [4.69, 9.17) is 5.73 Å². The molecular formula is C12H17NO3S. The maximum Gasteiger partial charge on any atom is 0.180 e. The number of rotatable bonds is 4. The Hall–Kier alpha value is -1.20. The predicted octanol–water partition coefficient (Wildman–Crippen LogP) is 1.46. The second kappa shape index (κ2) is 4.98. The summed E-state index contributed by atoms with van der Waals surface area (Å²) in [5.41, 5.74) is 6.28. The van der Waals surface area contributed by atoms with Crippen molar-refractivity contribution in [1.29, 1.82) is 0 Å². The largest absolute Gasteiger partial charge is 0.318 e. The van der Waals surface area contributed by atoms with Crippen molar-refractivity contribution in [3.05, 3.63) is 29.8 Å². The van der Waals surface area contributed by atoms with Crippen LogP contribution >= 0.6 is 0 Å². The Bertz CT molecular complexity index is 503. The molecule has 4 nitrogen and oxygen atoms in total. The molecule has 1 unspecified atom stereocenters. The smallest absolute Gasteiger partial charge is 0.180 e. The van der Waals surface area contributed by atoms with Crippen LogP contribution in [0.1, 0.15) is 32.4 Å². The van der Waals surface area contributed by atoms with Crippen molar-refractivity contribution in [2.24, 2.45) is 5.73 Å². The molecule has 0 aliphatic carbocycles. The van der Waals surface area contributed by atoms with E-state index in [0.717, 1.165) is 0 Å². The van der Waals surface area contributed by atoms with E-state index in [9.17, 15) is 13.2 Å². The first-order valence-electron chi connectivity index (χ1n) is 5.36. The second-order valence-electron chi connectivity index (χ2n) is 4.25. The van der Waals surface area contributed by atoms with Crippen LogP contribution < -0.4 is 5.73 Å². The van der Waals surface area contributed by atoms with Crippen LogP contribution in [0, 0.1) is 0 Å². The molecule has 0 fully saturated rings. The first-order chi connectivity index (χ1) is 7.76. The summed E-state index contributed by atoms with van der Waals surface area (Å²) in [5.74, 6) is -0.149. The van der Waals surface area contributed by atoms with E-state index < -0.39 is 21.1 Å². The molecule has 0 bridgehead atoms. The molecule has 1 rings (SSSR count). The van der Waals surface area contributed by atoms with E-state index in [1.807, 2.05) is 0 Å². The summed E-state index contributed by atoms with van der Waals surface area (Å²) in [4.78, 5) is 11.3. The Kier molecular flexibility index (Phi) is 4.06. The van der Waals surface area contributed by atoms with Crippen molar-refractivity contribution in [3.8, 4) is 0 Å². The zero-order valence-electron chi connectivity index (χ0n) is 10.2. The van der Waals surface area contributed by atoms with E-state index in [-0.39, 0.29) is 10.7 Å². The minimum Gasteiger partial charge on any atom is -0.318 e. The monoisotopic (exact) mass is 255 g/mol. The lowest BCUT2D eigenvalue weighted by Crippen LogP contribution is -2.19. The van der Waals surface area contributed by atoms with Gasteiger partial charge >= 0.3 is 0 Å². The first-order valence-corrected chi connectivity index (χ1v) is 6.91. The molecule has 1 atom stereocenters. The third kappa shape index (κ3) is 2.92. The summed E-state index contributed by atoms with van der Waals surface area (Å²) in [6.45, 7) is 4.67. The molecule has 0 spiro atoms. The van der Waals surface area contributed by atoms with Gasteiger partial charge in [0.25, 0.3) is 0 Å². The molecule has 0 radical (unpaired) electrons. The van der Waals surface area contributed by atoms with Gasteiger partial charge in [-0.15, -0.1) is 0 Å². The van der Waals surface area contributed by atoms with Gasteiger partial charge in [-0.25, -0.2) is 8.42 Å². The summed E-state index contributed by atoms with van der Waals surface area (Å²) < 4.78 is 23.7. The van der Waals surface area contributed by atoms with Gasteiger partial charge in [-0.05, 0) is 38.5 Å². The highest BCUT2D eigenvalue weighted by Crippen LogP contribution is 2.19. The summed E-state index contributed by atoms with van der Waals surface area (Å²) in [6, 6.07) is 5.47. The van der Waals surface area contributed by atoms with Crippen LogP contribution in [-0.4, -0.2) is 19.5 Å². The Labute approximate surface area is 102 Å². The third-order valence-corrected chi connectivity index (χ3v) is 4.80. The zero-order chi connectivity index (χ0) is 13.2. The van der Waals surface area contributed by atoms with Crippen molar-refractivity contribution in [1.82, 2.24) is 0 Å². The average molecular weight is 255 g/mol. The fourth-order valence-electron chi connectivity index (χ4n) is 1.37. The van der Waals surface area contributed by atoms with Gasteiger partial charge < -0.3 is 5.73 Å². The van der Waals surface area contributed by atoms with Gasteiger partial charge in [0, 0.05) is 0 Å². The maximum atomic E-state index is 11.8. The zero-order valence-corrected chi connectivity index (χ0v) is 11.0. The standard InChI is InChI=1S/C12H17NO3S/c1-8(2)17(15,16)11-6-4-10(5-7-11)12(13)9(3)14/h4-8,12H,13H2,1-3H3. The van der Waals surface area contributed by atoms with Crippen molar-refractivity contribution in [2.45, 2.75) is 37.0 Å². The number of benzene rings is 1. The lowest BCUT2D eigenvalue weighted by molar-refractivity contribution is -0.118. The summed E-state index contributed by atoms with van der Waals surface area (Å²) in [6.07, 6.45) is 0. The molecule has 0 saturated carbocycles. The van der Waals surface area contributed by atoms with E-state index >= 15 is 0 Å². The van der Waals surface area contributed by atoms with Crippen molar-refractivity contribution >= 4 is 15.6 Å². The number of hydrogen-bond acceptors (Lipinski definition) is 4. The minimum atomic E-state index is -3.27. The Morgan fingerprint density at radius 2 is 1.65 bits per heavy atom. The highest BCUT2D eigenvalue weighted by atomic mass is 32.2. The number of carbonyl (C=O) groups excluding carboxylic acids is 1. The van der Waals surface area contributed by atoms with Gasteiger partial charge in [0.1, 0.15) is 0 Å². The molecule has 0 aromatic heterocycles. The molecule has 0 aliphatic heterocycles. The van der Waals surface area contributed by atoms with Crippen LogP contribution in [0.5, 0.6) is 0 Å². The number of ketones is 1. The normalized spacial score (nSPS) is 13.7. The predicted molar refractivity (Wildman–Crippen MR) is 66.4 cm³/mol. The van der Waals surface area contributed by atoms with Crippen LogP contribution in [0.25, 0.3) is 0 Å². The molecule has 0 aliphatic rings. The van der Waals surface area contributed by atoms with Crippen LogP contribution in [0.2, 0.25) is 0 Å². The number of carbonyl (C=O) groups is 1. The van der Waals surface area contributed by atoms with Gasteiger partial charge in [-0.2, -0.15) is 0 Å². The lowest BCUT2D eigenvalue weighted by Gasteiger charge is -2.11. The number of Topliss-reactive ketones (excluding diaryl/α,β-unsaturated/α-hetero) is 1. The Morgan fingerprint density at radius 1 is 1.18 bits per heavy atom. The van der Waals surface area contributed by atoms with Gasteiger partial charge in [-0.3, -0.25) is 4.79 Å². The number of nitrogens with two attached hydrogens (primary N) is 1. The van der Waals surface area contributed by atoms with Gasteiger partial charge in [0.15, 0.2) is 15.6 Å². The summed E-state index contributed by atoms with van der Waals surface area (Å²) in [5, 5.41) is -0.463. The van der Waals surface area contributed by atoms with Crippen LogP contribution in [0.15, 0.2) is 29.2 Å². The first kappa shape index (κ1) is 13.9. The number of sulfone groups is 1. The average Bonchev–Trinajstić information content (AvgIpc) is 2.27. The van der Waals surface area contributed by atoms with Crippen molar-refractivity contribution < 1.29 is 13.2 Å². The Balaban J connectivity index is 3.09. The highest BCUT2D eigenvalue weighted by Gasteiger charge is 2.19. The lowest BCUT2D eigenvalue weighted by atomic mass is 10.1. The van der Waals surface area contributed by atoms with Gasteiger partial charge in [0.2, 0.25) is 0 Å². The second-order valence-corrected chi connectivity index (χ2v) is 6.76. The molecule has 0 saturated heterocycles. The van der Waals surface area contributed by atoms with Gasteiger partial charge in [0.05, 0.1) is 16.2 Å². The molecule has 2 N–H and O–H groups in total. The van der Waals surface area contributed by atoms with E-state index in [2.05, 4.69) is 0 Å². The minimum absolute atomic E-state index is 0.149. The van der Waals surface area contributed by atoms with Crippen LogP contribution in [-0.2, 0) is 14.6 Å². The van der Waals surface area contributed by atoms with E-state index in [1.54, 1.807) is 26.0 Å². The highest BCUT2D eigenvalue weighted by molar-refractivity contribution is 7.92. The van der Waals surface area contributed by atoms with Crippen molar-refractivity contribution in [2.75, 3.05) is 0 Å². The fourth-order valence-corrected chi connectivity index (χ4v) is 2.43. The van der Waals surface area contributed by atoms with Gasteiger partial charge in [-0.1, -0.05) is 12.1 Å². The SMILES string of the molecule is CC(=O)C(N)c1ccc(S(=O)(=O)C(C)C)cc1. The summed E-state index contributed by atoms with van der Waals surface area (Å²) >= 11 is 0. The molecular weight excluding hydrogens is 238 g/mol. The maximum absolute atomic E-state index is 11.8. The van der Waals surface area contributed by atoms with E-state index in [0.29, 0.717) is 5.56 Å². The molecule has 0 amide bonds. The quantitative estimate of drug-likeness (QED) is 0.883. The third-order valence-electron chi connectivity index (χ3n) is 2.63. The van der Waals surface area contributed by atoms with Crippen LogP contribution in [0.3, 0.4) is 0 Å². The topological polar surface area (TPSA) is 77.2 Å². The summed E-state index contributed by atoms with van der Waals surface area (Å²) in [7, 11) is -3.27.